The molecule has 1 rings (SSSR count). The van der Waals surface area contributed by atoms with E-state index in [0.717, 1.165) is 0 Å². The van der Waals surface area contributed by atoms with Crippen molar-refractivity contribution in [3.8, 4) is 5.75 Å². The van der Waals surface area contributed by atoms with Crippen LogP contribution in [-0.2, 0) is 16.8 Å². The van der Waals surface area contributed by atoms with Crippen molar-refractivity contribution in [2.24, 2.45) is 0 Å². The molecule has 0 aliphatic rings. The topological polar surface area (TPSA) is 141 Å². The van der Waals surface area contributed by atoms with Gasteiger partial charge in [0.25, 0.3) is 0 Å². The lowest BCUT2D eigenvalue weighted by atomic mass is 10.3. The van der Waals surface area contributed by atoms with E-state index in [1.807, 2.05) is 0 Å². The zero-order valence-corrected chi connectivity index (χ0v) is 8.65. The fourth-order valence-electron chi connectivity index (χ4n) is 0.972. The van der Waals surface area contributed by atoms with Gasteiger partial charge in [0, 0.05) is 0 Å². The minimum absolute atomic E-state index is 0.0907. The predicted octanol–water partition coefficient (Wildman–Crippen LogP) is -0.615. The number of hydrogen-bond donors (Lipinski definition) is 3. The van der Waals surface area contributed by atoms with Gasteiger partial charge in [-0.1, -0.05) is 6.92 Å². The summed E-state index contributed by atoms with van der Waals surface area (Å²) in [5, 5.41) is 0. The number of nitrogens with zero attached hydrogens (tertiary/aromatic N) is 2. The maximum atomic E-state index is 10.5. The monoisotopic (exact) mass is 234 g/mol. The molecule has 0 saturated carbocycles. The molecule has 0 aromatic carbocycles. The van der Waals surface area contributed by atoms with Crippen LogP contribution < -0.4 is 15.7 Å². The number of nitrogens with two attached hydrogens (primary N) is 2. The van der Waals surface area contributed by atoms with E-state index in [4.69, 9.17) is 16.0 Å². The fourth-order valence-corrected chi connectivity index (χ4v) is 1.36. The van der Waals surface area contributed by atoms with Gasteiger partial charge in [0.1, 0.15) is 0 Å². The zero-order chi connectivity index (χ0) is 11.6. The summed E-state index contributed by atoms with van der Waals surface area (Å²) in [5.74, 6) is -0.627. The van der Waals surface area contributed by atoms with Crippen molar-refractivity contribution in [3.63, 3.8) is 0 Å². The van der Waals surface area contributed by atoms with Crippen molar-refractivity contribution in [3.05, 3.63) is 5.69 Å². The van der Waals surface area contributed by atoms with Gasteiger partial charge in [-0.15, -0.1) is 0 Å². The second-order valence-corrected chi connectivity index (χ2v) is 3.63. The van der Waals surface area contributed by atoms with Crippen LogP contribution in [0.1, 0.15) is 12.6 Å². The number of nitrogen functional groups attached to an aromatic ring is 2. The quantitative estimate of drug-likeness (QED) is 0.587. The van der Waals surface area contributed by atoms with Crippen molar-refractivity contribution in [1.82, 2.24) is 9.97 Å². The average molecular weight is 234 g/mol. The molecule has 1 heterocycles. The van der Waals surface area contributed by atoms with E-state index in [2.05, 4.69) is 14.2 Å². The van der Waals surface area contributed by atoms with Gasteiger partial charge < -0.3 is 15.7 Å². The molecule has 9 heteroatoms. The van der Waals surface area contributed by atoms with Crippen molar-refractivity contribution in [2.75, 3.05) is 11.5 Å². The number of aryl methyl sites for hydroxylation is 1. The molecule has 0 atom stereocenters. The first kappa shape index (κ1) is 11.5. The summed E-state index contributed by atoms with van der Waals surface area (Å²) in [6.07, 6.45) is 0.335. The summed E-state index contributed by atoms with van der Waals surface area (Å²) < 4.78 is 33.7. The highest BCUT2D eigenvalue weighted by Crippen LogP contribution is 2.25. The van der Waals surface area contributed by atoms with Gasteiger partial charge >= 0.3 is 10.4 Å². The van der Waals surface area contributed by atoms with Crippen LogP contribution in [-0.4, -0.2) is 22.9 Å². The third-order valence-electron chi connectivity index (χ3n) is 1.50. The fraction of sp³-hybridized carbons (Fsp3) is 0.333. The molecule has 0 aliphatic carbocycles. The van der Waals surface area contributed by atoms with E-state index in [1.54, 1.807) is 6.92 Å². The van der Waals surface area contributed by atoms with Crippen LogP contribution in [0.15, 0.2) is 0 Å². The third-order valence-corrected chi connectivity index (χ3v) is 1.88. The summed E-state index contributed by atoms with van der Waals surface area (Å²) in [5.41, 5.74) is 10.9. The Morgan fingerprint density at radius 1 is 1.40 bits per heavy atom. The number of anilines is 2. The van der Waals surface area contributed by atoms with Gasteiger partial charge in [0.05, 0.1) is 5.69 Å². The Bertz CT molecular complexity index is 472. The molecule has 0 fully saturated rings. The summed E-state index contributed by atoms with van der Waals surface area (Å²) in [6, 6.07) is 0. The van der Waals surface area contributed by atoms with Crippen LogP contribution in [0.25, 0.3) is 0 Å². The van der Waals surface area contributed by atoms with E-state index >= 15 is 0 Å². The number of rotatable bonds is 3. The number of hydrogen-bond acceptors (Lipinski definition) is 7. The van der Waals surface area contributed by atoms with Gasteiger partial charge in [-0.25, -0.2) is 4.98 Å². The predicted molar refractivity (Wildman–Crippen MR) is 52.4 cm³/mol. The summed E-state index contributed by atoms with van der Waals surface area (Å²) in [7, 11) is -4.65. The molecular weight excluding hydrogens is 224 g/mol. The Morgan fingerprint density at radius 2 is 2.00 bits per heavy atom. The lowest BCUT2D eigenvalue weighted by Gasteiger charge is -2.08. The average Bonchev–Trinajstić information content (AvgIpc) is 2.07. The molecular formula is C6H10N4O4S. The maximum Gasteiger partial charge on any atom is 0.446 e. The minimum Gasteiger partial charge on any atom is -0.380 e. The molecule has 0 saturated heterocycles. The molecule has 0 amide bonds. The van der Waals surface area contributed by atoms with E-state index in [1.165, 1.54) is 0 Å². The van der Waals surface area contributed by atoms with Gasteiger partial charge in [-0.2, -0.15) is 13.4 Å². The Labute approximate surface area is 86.2 Å². The Hall–Kier alpha value is -1.61. The molecule has 15 heavy (non-hydrogen) atoms. The van der Waals surface area contributed by atoms with E-state index in [-0.39, 0.29) is 23.2 Å². The van der Waals surface area contributed by atoms with Crippen molar-refractivity contribution in [1.29, 1.82) is 0 Å². The van der Waals surface area contributed by atoms with Crippen molar-refractivity contribution < 1.29 is 17.2 Å². The molecule has 5 N–H and O–H groups in total. The molecule has 1 aromatic rings. The smallest absolute Gasteiger partial charge is 0.380 e. The minimum atomic E-state index is -4.65. The normalized spacial score (nSPS) is 11.3. The van der Waals surface area contributed by atoms with Gasteiger partial charge in [-0.05, 0) is 6.42 Å². The molecule has 0 bridgehead atoms. The maximum absolute atomic E-state index is 10.5. The first-order chi connectivity index (χ1) is 6.83. The van der Waals surface area contributed by atoms with Crippen LogP contribution >= 0.6 is 0 Å². The van der Waals surface area contributed by atoms with Gasteiger partial charge in [0.2, 0.25) is 11.7 Å². The first-order valence-corrected chi connectivity index (χ1v) is 5.28. The molecule has 1 aromatic heterocycles. The highest BCUT2D eigenvalue weighted by Gasteiger charge is 2.17. The number of aromatic nitrogens is 2. The second-order valence-electron chi connectivity index (χ2n) is 2.61. The first-order valence-electron chi connectivity index (χ1n) is 3.92. The zero-order valence-electron chi connectivity index (χ0n) is 7.84. The largest absolute Gasteiger partial charge is 0.446 e. The van der Waals surface area contributed by atoms with E-state index in [0.29, 0.717) is 6.42 Å². The SMILES string of the molecule is CCc1nc(N)nc(N)c1OS(=O)(=O)O. The highest BCUT2D eigenvalue weighted by atomic mass is 32.3. The van der Waals surface area contributed by atoms with Crippen LogP contribution in [0.5, 0.6) is 5.75 Å². The molecule has 0 radical (unpaired) electrons. The summed E-state index contributed by atoms with van der Waals surface area (Å²) in [4.78, 5) is 7.23. The lowest BCUT2D eigenvalue weighted by molar-refractivity contribution is 0.384. The van der Waals surface area contributed by atoms with E-state index < -0.39 is 10.4 Å². The van der Waals surface area contributed by atoms with Crippen LogP contribution in [0, 0.1) is 0 Å². The Kier molecular flexibility index (Phi) is 2.95. The molecule has 8 nitrogen and oxygen atoms in total. The van der Waals surface area contributed by atoms with Crippen LogP contribution in [0.4, 0.5) is 11.8 Å². The van der Waals surface area contributed by atoms with Crippen LogP contribution in [0.3, 0.4) is 0 Å². The summed E-state index contributed by atoms with van der Waals surface area (Å²) >= 11 is 0. The van der Waals surface area contributed by atoms with Crippen LogP contribution in [0.2, 0.25) is 0 Å². The summed E-state index contributed by atoms with van der Waals surface area (Å²) in [6.45, 7) is 1.69. The molecule has 0 spiro atoms. The van der Waals surface area contributed by atoms with Crippen molar-refractivity contribution in [2.45, 2.75) is 13.3 Å². The highest BCUT2D eigenvalue weighted by molar-refractivity contribution is 7.81. The lowest BCUT2D eigenvalue weighted by Crippen LogP contribution is -2.13. The Balaban J connectivity index is 3.27. The van der Waals surface area contributed by atoms with Gasteiger partial charge in [-0.3, -0.25) is 4.55 Å². The standard InChI is InChI=1S/C6H10N4O4S/c1-2-3-4(14-15(11,12)13)5(7)10-6(8)9-3/h2H2,1H3,(H,11,12,13)(H4,7,8,9,10). The molecule has 84 valence electrons. The third kappa shape index (κ3) is 2.92. The molecule has 0 aliphatic heterocycles. The van der Waals surface area contributed by atoms with E-state index in [9.17, 15) is 8.42 Å². The molecule has 0 unspecified atom stereocenters. The second kappa shape index (κ2) is 3.87. The Morgan fingerprint density at radius 3 is 2.47 bits per heavy atom. The van der Waals surface area contributed by atoms with Gasteiger partial charge in [0.15, 0.2) is 5.82 Å². The van der Waals surface area contributed by atoms with Crippen molar-refractivity contribution >= 4 is 22.2 Å².